The number of Topliss-reactive ketones (excluding diaryl/α,β-unsaturated/α-hetero) is 2. The zero-order chi connectivity index (χ0) is 19.1. The number of nitrogens with one attached hydrogen (secondary N) is 1. The SMILES string of the molecule is CC(F)(F)C(=O)NCCC1CN(C2=C(Cl)C(=O)c3cccnc3C2=O)C1. The predicted molar refractivity (Wildman–Crippen MR) is 89.1 cm³/mol. The molecule has 9 heteroatoms. The number of amides is 1. The summed E-state index contributed by atoms with van der Waals surface area (Å²) in [5, 5.41) is 2.05. The molecule has 1 aliphatic heterocycles. The van der Waals surface area contributed by atoms with Gasteiger partial charge in [-0.2, -0.15) is 8.78 Å². The highest BCUT2D eigenvalue weighted by atomic mass is 35.5. The molecule has 1 N–H and O–H groups in total. The molecule has 1 amide bonds. The molecule has 138 valence electrons. The van der Waals surface area contributed by atoms with Crippen LogP contribution in [0.2, 0.25) is 0 Å². The monoisotopic (exact) mass is 383 g/mol. The maximum Gasteiger partial charge on any atom is 0.321 e. The Kier molecular flexibility index (Phi) is 4.79. The molecule has 0 saturated carbocycles. The van der Waals surface area contributed by atoms with E-state index in [0.29, 0.717) is 26.4 Å². The lowest BCUT2D eigenvalue weighted by molar-refractivity contribution is -0.143. The number of rotatable bonds is 5. The van der Waals surface area contributed by atoms with Crippen LogP contribution in [0.15, 0.2) is 29.1 Å². The van der Waals surface area contributed by atoms with E-state index < -0.39 is 23.4 Å². The minimum Gasteiger partial charge on any atom is -0.366 e. The Balaban J connectivity index is 1.59. The smallest absolute Gasteiger partial charge is 0.321 e. The van der Waals surface area contributed by atoms with Gasteiger partial charge in [-0.05, 0) is 24.5 Å². The van der Waals surface area contributed by atoms with Crippen LogP contribution in [0.5, 0.6) is 0 Å². The summed E-state index contributed by atoms with van der Waals surface area (Å²) in [5.74, 6) is -5.45. The van der Waals surface area contributed by atoms with Crippen molar-refractivity contribution in [2.45, 2.75) is 19.3 Å². The number of carbonyl (C=O) groups excluding carboxylic acids is 3. The molecule has 2 aliphatic rings. The Morgan fingerprint density at radius 1 is 1.38 bits per heavy atom. The number of ketones is 2. The number of pyridine rings is 1. The van der Waals surface area contributed by atoms with E-state index in [2.05, 4.69) is 10.3 Å². The van der Waals surface area contributed by atoms with E-state index in [1.54, 1.807) is 11.0 Å². The van der Waals surface area contributed by atoms with Gasteiger partial charge in [-0.3, -0.25) is 19.4 Å². The van der Waals surface area contributed by atoms with Gasteiger partial charge in [0, 0.05) is 32.8 Å². The maximum absolute atomic E-state index is 12.8. The van der Waals surface area contributed by atoms with Crippen molar-refractivity contribution in [1.82, 2.24) is 15.2 Å². The zero-order valence-electron chi connectivity index (χ0n) is 13.9. The second kappa shape index (κ2) is 6.75. The van der Waals surface area contributed by atoms with Crippen molar-refractivity contribution in [2.75, 3.05) is 19.6 Å². The Hall–Kier alpha value is -2.35. The van der Waals surface area contributed by atoms with Gasteiger partial charge in [0.2, 0.25) is 11.6 Å². The molecule has 3 rings (SSSR count). The van der Waals surface area contributed by atoms with Gasteiger partial charge in [0.05, 0.1) is 5.56 Å². The molecule has 6 nitrogen and oxygen atoms in total. The van der Waals surface area contributed by atoms with Crippen LogP contribution in [-0.4, -0.2) is 52.9 Å². The minimum absolute atomic E-state index is 0.0813. The number of carbonyl (C=O) groups is 3. The maximum atomic E-state index is 12.8. The average molecular weight is 384 g/mol. The lowest BCUT2D eigenvalue weighted by Gasteiger charge is -2.43. The number of allylic oxidation sites excluding steroid dienone is 2. The first-order chi connectivity index (χ1) is 12.2. The van der Waals surface area contributed by atoms with Crippen LogP contribution >= 0.6 is 11.6 Å². The molecule has 2 heterocycles. The quantitative estimate of drug-likeness (QED) is 0.841. The van der Waals surface area contributed by atoms with E-state index in [0.717, 1.165) is 0 Å². The minimum atomic E-state index is -3.40. The number of nitrogens with zero attached hydrogens (tertiary/aromatic N) is 2. The molecule has 0 bridgehead atoms. The molecular weight excluding hydrogens is 368 g/mol. The third kappa shape index (κ3) is 3.33. The van der Waals surface area contributed by atoms with Crippen molar-refractivity contribution < 1.29 is 23.2 Å². The van der Waals surface area contributed by atoms with Crippen molar-refractivity contribution in [3.63, 3.8) is 0 Å². The van der Waals surface area contributed by atoms with Crippen LogP contribution in [-0.2, 0) is 4.79 Å². The molecule has 1 aliphatic carbocycles. The summed E-state index contributed by atoms with van der Waals surface area (Å²) in [7, 11) is 0. The summed E-state index contributed by atoms with van der Waals surface area (Å²) in [4.78, 5) is 41.7. The van der Waals surface area contributed by atoms with Crippen LogP contribution in [0.3, 0.4) is 0 Å². The fourth-order valence-corrected chi connectivity index (χ4v) is 3.28. The lowest BCUT2D eigenvalue weighted by Crippen LogP contribution is -2.50. The number of hydrogen-bond donors (Lipinski definition) is 1. The highest BCUT2D eigenvalue weighted by Gasteiger charge is 2.40. The Labute approximate surface area is 153 Å². The first-order valence-corrected chi connectivity index (χ1v) is 8.43. The van der Waals surface area contributed by atoms with Crippen molar-refractivity contribution >= 4 is 29.1 Å². The first kappa shape index (κ1) is 18.4. The number of halogens is 3. The van der Waals surface area contributed by atoms with Crippen molar-refractivity contribution in [3.05, 3.63) is 40.3 Å². The highest BCUT2D eigenvalue weighted by Crippen LogP contribution is 2.33. The largest absolute Gasteiger partial charge is 0.366 e. The van der Waals surface area contributed by atoms with Crippen LogP contribution in [0.1, 0.15) is 34.2 Å². The summed E-state index contributed by atoms with van der Waals surface area (Å²) in [6.07, 6.45) is 1.92. The topological polar surface area (TPSA) is 79.4 Å². The van der Waals surface area contributed by atoms with Gasteiger partial charge in [-0.15, -0.1) is 0 Å². The van der Waals surface area contributed by atoms with Crippen LogP contribution in [0.25, 0.3) is 0 Å². The van der Waals surface area contributed by atoms with Crippen molar-refractivity contribution in [2.24, 2.45) is 5.92 Å². The van der Waals surface area contributed by atoms with Crippen LogP contribution in [0, 0.1) is 5.92 Å². The zero-order valence-corrected chi connectivity index (χ0v) is 14.6. The standard InChI is InChI=1S/C17H16ClF2N3O3/c1-17(19,20)16(26)22-6-4-9-7-23(8-9)13-11(18)14(24)10-3-2-5-21-12(10)15(13)25/h2-3,5,9H,4,6-8H2,1H3,(H,22,26). The second-order valence-corrected chi connectivity index (χ2v) is 6.80. The van der Waals surface area contributed by atoms with Gasteiger partial charge in [0.1, 0.15) is 16.4 Å². The number of hydrogen-bond acceptors (Lipinski definition) is 5. The van der Waals surface area contributed by atoms with E-state index in [9.17, 15) is 23.2 Å². The fourth-order valence-electron chi connectivity index (χ4n) is 2.97. The molecule has 0 spiro atoms. The van der Waals surface area contributed by atoms with Crippen molar-refractivity contribution in [3.8, 4) is 0 Å². The molecule has 26 heavy (non-hydrogen) atoms. The van der Waals surface area contributed by atoms with Crippen LogP contribution in [0.4, 0.5) is 8.78 Å². The molecule has 1 aromatic heterocycles. The molecule has 1 aromatic rings. The molecule has 0 atom stereocenters. The summed E-state index contributed by atoms with van der Waals surface area (Å²) in [6, 6.07) is 3.07. The molecular formula is C17H16ClF2N3O3. The number of alkyl halides is 2. The second-order valence-electron chi connectivity index (χ2n) is 6.42. The first-order valence-electron chi connectivity index (χ1n) is 8.05. The third-order valence-electron chi connectivity index (χ3n) is 4.40. The van der Waals surface area contributed by atoms with E-state index in [1.807, 2.05) is 0 Å². The number of aromatic nitrogens is 1. The summed E-state index contributed by atoms with van der Waals surface area (Å²) in [6.45, 7) is 1.56. The summed E-state index contributed by atoms with van der Waals surface area (Å²) in [5.41, 5.74) is 0.396. The number of likely N-dealkylation sites (tertiary alicyclic amines) is 1. The van der Waals surface area contributed by atoms with E-state index in [-0.39, 0.29) is 34.4 Å². The Morgan fingerprint density at radius 2 is 2.08 bits per heavy atom. The Morgan fingerprint density at radius 3 is 2.73 bits per heavy atom. The van der Waals surface area contributed by atoms with Crippen LogP contribution < -0.4 is 5.32 Å². The van der Waals surface area contributed by atoms with Gasteiger partial charge in [-0.1, -0.05) is 11.6 Å². The lowest BCUT2D eigenvalue weighted by atomic mass is 9.90. The molecule has 1 saturated heterocycles. The third-order valence-corrected chi connectivity index (χ3v) is 4.75. The molecule has 0 unspecified atom stereocenters. The van der Waals surface area contributed by atoms with Gasteiger partial charge < -0.3 is 10.2 Å². The van der Waals surface area contributed by atoms with E-state index >= 15 is 0 Å². The Bertz CT molecular complexity index is 814. The van der Waals surface area contributed by atoms with E-state index in [1.165, 1.54) is 12.3 Å². The highest BCUT2D eigenvalue weighted by molar-refractivity contribution is 6.49. The summed E-state index contributed by atoms with van der Waals surface area (Å²) >= 11 is 6.11. The van der Waals surface area contributed by atoms with Gasteiger partial charge in [0.25, 0.3) is 5.91 Å². The van der Waals surface area contributed by atoms with Gasteiger partial charge in [0.15, 0.2) is 0 Å². The molecule has 0 aromatic carbocycles. The van der Waals surface area contributed by atoms with Gasteiger partial charge in [-0.25, -0.2) is 0 Å². The molecule has 0 radical (unpaired) electrons. The number of fused-ring (bicyclic) bond motifs is 1. The fraction of sp³-hybridized carbons (Fsp3) is 0.412. The van der Waals surface area contributed by atoms with Crippen molar-refractivity contribution in [1.29, 1.82) is 0 Å². The summed E-state index contributed by atoms with van der Waals surface area (Å²) < 4.78 is 25.5. The average Bonchev–Trinajstić information content (AvgIpc) is 2.55. The van der Waals surface area contributed by atoms with E-state index in [4.69, 9.17) is 11.6 Å². The predicted octanol–water partition coefficient (Wildman–Crippen LogP) is 2.00. The molecule has 1 fully saturated rings. The van der Waals surface area contributed by atoms with Gasteiger partial charge >= 0.3 is 5.92 Å². The normalized spacial score (nSPS) is 17.9.